The van der Waals surface area contributed by atoms with Crippen molar-refractivity contribution in [2.45, 2.75) is 6.92 Å². The molecule has 0 aliphatic carbocycles. The molecular formula is C14H10N2O2. The van der Waals surface area contributed by atoms with Crippen molar-refractivity contribution in [3.63, 3.8) is 0 Å². The Morgan fingerprint density at radius 3 is 2.89 bits per heavy atom. The Labute approximate surface area is 104 Å². The standard InChI is InChI=1S/C14H10N2O2/c1-10-5-12(9-17)8-16-14(10)18-13-4-2-3-11(6-13)7-15/h2-6,8-9H,1H3. The first kappa shape index (κ1) is 11.8. The van der Waals surface area contributed by atoms with Crippen LogP contribution in [0.4, 0.5) is 0 Å². The van der Waals surface area contributed by atoms with Gasteiger partial charge < -0.3 is 4.74 Å². The third-order valence-corrected chi connectivity index (χ3v) is 2.37. The Bertz CT molecular complexity index is 630. The van der Waals surface area contributed by atoms with E-state index in [2.05, 4.69) is 4.98 Å². The van der Waals surface area contributed by atoms with Crippen LogP contribution in [0.1, 0.15) is 21.5 Å². The first-order valence-electron chi connectivity index (χ1n) is 5.33. The maximum Gasteiger partial charge on any atom is 0.222 e. The highest BCUT2D eigenvalue weighted by Crippen LogP contribution is 2.23. The van der Waals surface area contributed by atoms with Crippen LogP contribution >= 0.6 is 0 Å². The van der Waals surface area contributed by atoms with Crippen molar-refractivity contribution in [2.24, 2.45) is 0 Å². The summed E-state index contributed by atoms with van der Waals surface area (Å²) in [6, 6.07) is 10.6. The summed E-state index contributed by atoms with van der Waals surface area (Å²) in [7, 11) is 0. The van der Waals surface area contributed by atoms with Crippen molar-refractivity contribution in [1.29, 1.82) is 5.26 Å². The number of aryl methyl sites for hydroxylation is 1. The van der Waals surface area contributed by atoms with Crippen LogP contribution in [0.2, 0.25) is 0 Å². The second kappa shape index (κ2) is 5.11. The van der Waals surface area contributed by atoms with Gasteiger partial charge in [-0.15, -0.1) is 0 Å². The number of hydrogen-bond acceptors (Lipinski definition) is 4. The summed E-state index contributed by atoms with van der Waals surface area (Å²) in [5, 5.41) is 8.79. The lowest BCUT2D eigenvalue weighted by molar-refractivity contribution is 0.112. The second-order valence-electron chi connectivity index (χ2n) is 3.75. The minimum atomic E-state index is 0.427. The van der Waals surface area contributed by atoms with Gasteiger partial charge in [-0.2, -0.15) is 5.26 Å². The van der Waals surface area contributed by atoms with Crippen LogP contribution in [0.3, 0.4) is 0 Å². The molecule has 0 spiro atoms. The molecule has 0 atom stereocenters. The van der Waals surface area contributed by atoms with Gasteiger partial charge >= 0.3 is 0 Å². The van der Waals surface area contributed by atoms with Crippen LogP contribution in [0.25, 0.3) is 0 Å². The van der Waals surface area contributed by atoms with Crippen molar-refractivity contribution >= 4 is 6.29 Å². The topological polar surface area (TPSA) is 63.0 Å². The predicted octanol–water partition coefficient (Wildman–Crippen LogP) is 2.87. The third-order valence-electron chi connectivity index (χ3n) is 2.37. The number of nitriles is 1. The molecule has 0 saturated carbocycles. The van der Waals surface area contributed by atoms with Crippen LogP contribution < -0.4 is 4.74 Å². The number of nitrogens with zero attached hydrogens (tertiary/aromatic N) is 2. The van der Waals surface area contributed by atoms with E-state index in [1.165, 1.54) is 6.20 Å². The van der Waals surface area contributed by atoms with Crippen molar-refractivity contribution in [2.75, 3.05) is 0 Å². The van der Waals surface area contributed by atoms with Gasteiger partial charge in [-0.25, -0.2) is 4.98 Å². The largest absolute Gasteiger partial charge is 0.439 e. The van der Waals surface area contributed by atoms with Crippen LogP contribution in [0.15, 0.2) is 36.5 Å². The molecule has 0 radical (unpaired) electrons. The van der Waals surface area contributed by atoms with E-state index >= 15 is 0 Å². The molecule has 0 saturated heterocycles. The fourth-order valence-electron chi connectivity index (χ4n) is 1.50. The van der Waals surface area contributed by atoms with Crippen LogP contribution in [-0.4, -0.2) is 11.3 Å². The maximum absolute atomic E-state index is 10.6. The summed E-state index contributed by atoms with van der Waals surface area (Å²) in [5.74, 6) is 0.971. The van der Waals surface area contributed by atoms with Crippen molar-refractivity contribution in [3.8, 4) is 17.7 Å². The van der Waals surface area contributed by atoms with Gasteiger partial charge in [-0.05, 0) is 31.2 Å². The first-order valence-corrected chi connectivity index (χ1v) is 5.33. The molecule has 2 aromatic rings. The third kappa shape index (κ3) is 2.53. The normalized spacial score (nSPS) is 9.56. The molecular weight excluding hydrogens is 228 g/mol. The van der Waals surface area contributed by atoms with E-state index in [9.17, 15) is 4.79 Å². The van der Waals surface area contributed by atoms with E-state index in [0.29, 0.717) is 22.8 Å². The van der Waals surface area contributed by atoms with E-state index in [1.807, 2.05) is 13.0 Å². The molecule has 0 aliphatic heterocycles. The number of aromatic nitrogens is 1. The maximum atomic E-state index is 10.6. The van der Waals surface area contributed by atoms with Gasteiger partial charge in [0.05, 0.1) is 11.6 Å². The van der Waals surface area contributed by atoms with E-state index in [4.69, 9.17) is 10.00 Å². The number of carbonyl (C=O) groups excluding carboxylic acids is 1. The van der Waals surface area contributed by atoms with Crippen LogP contribution in [0.5, 0.6) is 11.6 Å². The molecule has 1 aromatic heterocycles. The molecule has 0 fully saturated rings. The molecule has 0 aliphatic rings. The van der Waals surface area contributed by atoms with Crippen molar-refractivity contribution in [1.82, 2.24) is 4.98 Å². The Balaban J connectivity index is 2.28. The molecule has 0 unspecified atom stereocenters. The SMILES string of the molecule is Cc1cc(C=O)cnc1Oc1cccc(C#N)c1. The zero-order valence-electron chi connectivity index (χ0n) is 9.75. The average Bonchev–Trinajstić information content (AvgIpc) is 2.41. The summed E-state index contributed by atoms with van der Waals surface area (Å²) < 4.78 is 5.57. The van der Waals surface area contributed by atoms with Crippen LogP contribution in [-0.2, 0) is 0 Å². The lowest BCUT2D eigenvalue weighted by Crippen LogP contribution is -1.93. The molecule has 88 valence electrons. The number of aldehydes is 1. The Morgan fingerprint density at radius 2 is 2.22 bits per heavy atom. The molecule has 4 nitrogen and oxygen atoms in total. The molecule has 1 heterocycles. The monoisotopic (exact) mass is 238 g/mol. The van der Waals surface area contributed by atoms with Gasteiger partial charge in [0, 0.05) is 17.3 Å². The lowest BCUT2D eigenvalue weighted by atomic mass is 10.2. The molecule has 0 N–H and O–H groups in total. The Morgan fingerprint density at radius 1 is 1.39 bits per heavy atom. The smallest absolute Gasteiger partial charge is 0.222 e. The second-order valence-corrected chi connectivity index (χ2v) is 3.75. The fourth-order valence-corrected chi connectivity index (χ4v) is 1.50. The Hall–Kier alpha value is -2.67. The molecule has 4 heteroatoms. The number of benzene rings is 1. The number of hydrogen-bond donors (Lipinski definition) is 0. The highest BCUT2D eigenvalue weighted by molar-refractivity contribution is 5.74. The van der Waals surface area contributed by atoms with Gasteiger partial charge in [0.25, 0.3) is 0 Å². The predicted molar refractivity (Wildman–Crippen MR) is 65.6 cm³/mol. The summed E-state index contributed by atoms with van der Waals surface area (Å²) in [6.07, 6.45) is 2.18. The highest BCUT2D eigenvalue weighted by atomic mass is 16.5. The van der Waals surface area contributed by atoms with E-state index in [-0.39, 0.29) is 0 Å². The minimum absolute atomic E-state index is 0.427. The van der Waals surface area contributed by atoms with Gasteiger partial charge in [-0.1, -0.05) is 6.07 Å². The van der Waals surface area contributed by atoms with Crippen LogP contribution in [0, 0.1) is 18.3 Å². The zero-order valence-corrected chi connectivity index (χ0v) is 9.75. The Kier molecular flexibility index (Phi) is 3.35. The molecule has 0 bridgehead atoms. The van der Waals surface area contributed by atoms with E-state index in [1.54, 1.807) is 30.3 Å². The van der Waals surface area contributed by atoms with Crippen molar-refractivity contribution < 1.29 is 9.53 Å². The van der Waals surface area contributed by atoms with Gasteiger partial charge in [0.15, 0.2) is 6.29 Å². The number of carbonyl (C=O) groups is 1. The number of pyridine rings is 1. The zero-order chi connectivity index (χ0) is 13.0. The quantitative estimate of drug-likeness (QED) is 0.771. The molecule has 1 aromatic carbocycles. The van der Waals surface area contributed by atoms with Gasteiger partial charge in [0.1, 0.15) is 5.75 Å². The summed E-state index contributed by atoms with van der Waals surface area (Å²) >= 11 is 0. The summed E-state index contributed by atoms with van der Waals surface area (Å²) in [4.78, 5) is 14.7. The minimum Gasteiger partial charge on any atom is -0.439 e. The van der Waals surface area contributed by atoms with E-state index in [0.717, 1.165) is 11.8 Å². The summed E-state index contributed by atoms with van der Waals surface area (Å²) in [6.45, 7) is 1.81. The first-order chi connectivity index (χ1) is 8.72. The average molecular weight is 238 g/mol. The molecule has 18 heavy (non-hydrogen) atoms. The fraction of sp³-hybridized carbons (Fsp3) is 0.0714. The molecule has 0 amide bonds. The van der Waals surface area contributed by atoms with E-state index < -0.39 is 0 Å². The number of ether oxygens (including phenoxy) is 1. The highest BCUT2D eigenvalue weighted by Gasteiger charge is 2.04. The van der Waals surface area contributed by atoms with Crippen molar-refractivity contribution in [3.05, 3.63) is 53.2 Å². The summed E-state index contributed by atoms with van der Waals surface area (Å²) in [5.41, 5.74) is 1.79. The van der Waals surface area contributed by atoms with Gasteiger partial charge in [-0.3, -0.25) is 4.79 Å². The molecule has 2 rings (SSSR count). The lowest BCUT2D eigenvalue weighted by Gasteiger charge is -2.07. The van der Waals surface area contributed by atoms with Gasteiger partial charge in [0.2, 0.25) is 5.88 Å². The number of rotatable bonds is 3.